The van der Waals surface area contributed by atoms with Crippen molar-refractivity contribution in [2.24, 2.45) is 5.92 Å². The molecule has 4 aromatic rings. The molecular formula is C27H26F2N4O. The third-order valence-corrected chi connectivity index (χ3v) is 6.43. The Balaban J connectivity index is 1.29. The Morgan fingerprint density at radius 3 is 2.53 bits per heavy atom. The number of benzene rings is 3. The summed E-state index contributed by atoms with van der Waals surface area (Å²) in [5, 5.41) is 2.94. The highest BCUT2D eigenvalue weighted by Crippen LogP contribution is 2.28. The number of piperidine rings is 1. The topological polar surface area (TPSA) is 50.2 Å². The molecule has 3 aromatic carbocycles. The lowest BCUT2D eigenvalue weighted by Gasteiger charge is -2.32. The number of imidazole rings is 1. The highest BCUT2D eigenvalue weighted by molar-refractivity contribution is 5.80. The zero-order valence-corrected chi connectivity index (χ0v) is 18.8. The first-order valence-electron chi connectivity index (χ1n) is 11.5. The number of anilines is 1. The monoisotopic (exact) mass is 460 g/mol. The molecule has 0 saturated carbocycles. The van der Waals surface area contributed by atoms with Crippen LogP contribution in [-0.2, 0) is 17.9 Å². The van der Waals surface area contributed by atoms with Crippen LogP contribution in [0.25, 0.3) is 11.0 Å². The van der Waals surface area contributed by atoms with Gasteiger partial charge in [-0.25, -0.2) is 13.8 Å². The molecule has 1 aliphatic rings. The molecule has 1 aromatic heterocycles. The average Bonchev–Trinajstić information content (AvgIpc) is 3.22. The molecular weight excluding hydrogens is 434 g/mol. The molecule has 1 N–H and O–H groups in total. The van der Waals surface area contributed by atoms with Gasteiger partial charge in [-0.2, -0.15) is 0 Å². The van der Waals surface area contributed by atoms with Crippen molar-refractivity contribution < 1.29 is 13.6 Å². The smallest absolute Gasteiger partial charge is 0.223 e. The van der Waals surface area contributed by atoms with Crippen LogP contribution in [0.2, 0.25) is 0 Å². The van der Waals surface area contributed by atoms with E-state index in [9.17, 15) is 13.6 Å². The molecule has 1 aliphatic heterocycles. The molecule has 5 rings (SSSR count). The molecule has 0 atom stereocenters. The number of carbonyl (C=O) groups is 1. The maximum absolute atomic E-state index is 14.4. The van der Waals surface area contributed by atoms with E-state index in [0.29, 0.717) is 44.6 Å². The number of aromatic nitrogens is 2. The summed E-state index contributed by atoms with van der Waals surface area (Å²) in [5.41, 5.74) is 3.17. The van der Waals surface area contributed by atoms with Crippen molar-refractivity contribution in [3.8, 4) is 0 Å². The van der Waals surface area contributed by atoms with Crippen LogP contribution in [-0.4, -0.2) is 28.5 Å². The van der Waals surface area contributed by atoms with Gasteiger partial charge in [0.2, 0.25) is 11.9 Å². The lowest BCUT2D eigenvalue weighted by atomic mass is 9.96. The van der Waals surface area contributed by atoms with E-state index in [1.54, 1.807) is 24.3 Å². The molecule has 2 heterocycles. The highest BCUT2D eigenvalue weighted by Gasteiger charge is 2.27. The van der Waals surface area contributed by atoms with E-state index in [1.165, 1.54) is 18.2 Å². The van der Waals surface area contributed by atoms with Crippen molar-refractivity contribution in [1.29, 1.82) is 0 Å². The van der Waals surface area contributed by atoms with Crippen LogP contribution in [0.3, 0.4) is 0 Å². The second-order valence-electron chi connectivity index (χ2n) is 8.69. The molecule has 0 radical (unpaired) electrons. The van der Waals surface area contributed by atoms with Gasteiger partial charge in [0.25, 0.3) is 0 Å². The third kappa shape index (κ3) is 4.64. The SMILES string of the molecule is O=C(NCc1cccc(F)c1)C1CCN(c2nc3ccccc3n2Cc2ccccc2F)CC1. The number of halogens is 2. The number of fused-ring (bicyclic) bond motifs is 1. The van der Waals surface area contributed by atoms with Gasteiger partial charge in [0.1, 0.15) is 11.6 Å². The molecule has 174 valence electrons. The van der Waals surface area contributed by atoms with E-state index in [4.69, 9.17) is 4.98 Å². The fraction of sp³-hybridized carbons (Fsp3) is 0.259. The summed E-state index contributed by atoms with van der Waals surface area (Å²) in [7, 11) is 0. The number of para-hydroxylation sites is 2. The summed E-state index contributed by atoms with van der Waals surface area (Å²) in [6.45, 7) is 2.06. The third-order valence-electron chi connectivity index (χ3n) is 6.43. The molecule has 0 spiro atoms. The summed E-state index contributed by atoms with van der Waals surface area (Å²) in [4.78, 5) is 19.7. The zero-order chi connectivity index (χ0) is 23.5. The number of nitrogens with one attached hydrogen (secondary N) is 1. The Bertz CT molecular complexity index is 1310. The molecule has 0 aliphatic carbocycles. The van der Waals surface area contributed by atoms with Gasteiger partial charge < -0.3 is 14.8 Å². The quantitative estimate of drug-likeness (QED) is 0.446. The summed E-state index contributed by atoms with van der Waals surface area (Å²) >= 11 is 0. The van der Waals surface area contributed by atoms with Gasteiger partial charge in [-0.1, -0.05) is 42.5 Å². The van der Waals surface area contributed by atoms with Crippen LogP contribution >= 0.6 is 0 Å². The predicted octanol–water partition coefficient (Wildman–Crippen LogP) is 4.90. The molecule has 0 bridgehead atoms. The van der Waals surface area contributed by atoms with Crippen LogP contribution in [0.15, 0.2) is 72.8 Å². The lowest BCUT2D eigenvalue weighted by Crippen LogP contribution is -2.41. The molecule has 1 amide bonds. The molecule has 5 nitrogen and oxygen atoms in total. The maximum Gasteiger partial charge on any atom is 0.223 e. The summed E-state index contributed by atoms with van der Waals surface area (Å²) in [6.07, 6.45) is 1.38. The van der Waals surface area contributed by atoms with Crippen molar-refractivity contribution in [2.75, 3.05) is 18.0 Å². The van der Waals surface area contributed by atoms with Gasteiger partial charge in [-0.3, -0.25) is 4.79 Å². The summed E-state index contributed by atoms with van der Waals surface area (Å²) < 4.78 is 29.8. The number of nitrogens with zero attached hydrogens (tertiary/aromatic N) is 3. The van der Waals surface area contributed by atoms with Crippen LogP contribution < -0.4 is 10.2 Å². The number of rotatable bonds is 6. The number of amides is 1. The van der Waals surface area contributed by atoms with Gasteiger partial charge in [0.15, 0.2) is 0 Å². The van der Waals surface area contributed by atoms with Crippen molar-refractivity contribution in [1.82, 2.24) is 14.9 Å². The average molecular weight is 461 g/mol. The van der Waals surface area contributed by atoms with Crippen molar-refractivity contribution in [3.63, 3.8) is 0 Å². The molecule has 0 unspecified atom stereocenters. The first-order chi connectivity index (χ1) is 16.6. The van der Waals surface area contributed by atoms with E-state index in [0.717, 1.165) is 22.5 Å². The minimum Gasteiger partial charge on any atom is -0.352 e. The largest absolute Gasteiger partial charge is 0.352 e. The number of carbonyl (C=O) groups excluding carboxylic acids is 1. The van der Waals surface area contributed by atoms with Crippen molar-refractivity contribution in [3.05, 3.63) is 95.6 Å². The minimum absolute atomic E-state index is 0.0104. The Kier molecular flexibility index (Phi) is 6.25. The molecule has 1 fully saturated rings. The predicted molar refractivity (Wildman–Crippen MR) is 128 cm³/mol. The Morgan fingerprint density at radius 2 is 1.74 bits per heavy atom. The fourth-order valence-corrected chi connectivity index (χ4v) is 4.58. The van der Waals surface area contributed by atoms with E-state index in [1.807, 2.05) is 30.3 Å². The molecule has 34 heavy (non-hydrogen) atoms. The van der Waals surface area contributed by atoms with Gasteiger partial charge in [0, 0.05) is 31.1 Å². The minimum atomic E-state index is -0.307. The normalized spacial score (nSPS) is 14.5. The first kappa shape index (κ1) is 22.1. The second kappa shape index (κ2) is 9.63. The number of hydrogen-bond acceptors (Lipinski definition) is 3. The molecule has 1 saturated heterocycles. The maximum atomic E-state index is 14.4. The van der Waals surface area contributed by atoms with Gasteiger partial charge in [0.05, 0.1) is 17.6 Å². The Labute approximate surface area is 197 Å². The van der Waals surface area contributed by atoms with E-state index in [2.05, 4.69) is 14.8 Å². The second-order valence-corrected chi connectivity index (χ2v) is 8.69. The Morgan fingerprint density at radius 1 is 0.971 bits per heavy atom. The van der Waals surface area contributed by atoms with E-state index in [-0.39, 0.29) is 23.5 Å². The van der Waals surface area contributed by atoms with Gasteiger partial charge >= 0.3 is 0 Å². The van der Waals surface area contributed by atoms with Crippen LogP contribution in [0.1, 0.15) is 24.0 Å². The van der Waals surface area contributed by atoms with E-state index >= 15 is 0 Å². The summed E-state index contributed by atoms with van der Waals surface area (Å²) in [6, 6.07) is 20.9. The highest BCUT2D eigenvalue weighted by atomic mass is 19.1. The summed E-state index contributed by atoms with van der Waals surface area (Å²) in [5.74, 6) is 0.138. The zero-order valence-electron chi connectivity index (χ0n) is 18.8. The molecule has 7 heteroatoms. The van der Waals surface area contributed by atoms with Crippen molar-refractivity contribution >= 4 is 22.9 Å². The van der Waals surface area contributed by atoms with Crippen LogP contribution in [0, 0.1) is 17.6 Å². The van der Waals surface area contributed by atoms with Gasteiger partial charge in [-0.15, -0.1) is 0 Å². The first-order valence-corrected chi connectivity index (χ1v) is 11.5. The van der Waals surface area contributed by atoms with Crippen LogP contribution in [0.5, 0.6) is 0 Å². The standard InChI is InChI=1S/C27H26F2N4O/c28-22-8-5-6-19(16-22)17-30-26(34)20-12-14-32(15-13-20)27-31-24-10-3-4-11-25(24)33(27)18-21-7-1-2-9-23(21)29/h1-11,16,20H,12-15,17-18H2,(H,30,34). The van der Waals surface area contributed by atoms with E-state index < -0.39 is 0 Å². The lowest BCUT2D eigenvalue weighted by molar-refractivity contribution is -0.125. The van der Waals surface area contributed by atoms with Gasteiger partial charge in [-0.05, 0) is 48.7 Å². The Hall–Kier alpha value is -3.74. The van der Waals surface area contributed by atoms with Crippen LogP contribution in [0.4, 0.5) is 14.7 Å². The fourth-order valence-electron chi connectivity index (χ4n) is 4.58. The van der Waals surface area contributed by atoms with Crippen molar-refractivity contribution in [2.45, 2.75) is 25.9 Å². The number of hydrogen-bond donors (Lipinski definition) is 1.